The highest BCUT2D eigenvalue weighted by atomic mass is 32.2. The largest absolute Gasteiger partial charge is 0.506 e. The van der Waals surface area contributed by atoms with Crippen LogP contribution in [0.3, 0.4) is 0 Å². The smallest absolute Gasteiger partial charge is 0.194 e. The highest BCUT2D eigenvalue weighted by molar-refractivity contribution is 7.91. The van der Waals surface area contributed by atoms with Crippen molar-refractivity contribution in [1.29, 1.82) is 0 Å². The standard InChI is InChI=1S/C18H28N4O3S/c1-2-19-18(20-13-15-7-12-26(24,25)14-15)22-10-8-21(9-11-22)16-5-3-4-6-17(16)23/h3-6,15,23H,2,7-14H2,1H3,(H,19,20). The molecule has 7 nitrogen and oxygen atoms in total. The number of sulfone groups is 1. The number of benzene rings is 1. The van der Waals surface area contributed by atoms with Crippen LogP contribution in [0, 0.1) is 5.92 Å². The molecular weight excluding hydrogens is 352 g/mol. The number of guanidine groups is 1. The van der Waals surface area contributed by atoms with E-state index in [0.29, 0.717) is 24.5 Å². The van der Waals surface area contributed by atoms with E-state index in [1.54, 1.807) is 6.07 Å². The quantitative estimate of drug-likeness (QED) is 0.597. The van der Waals surface area contributed by atoms with Crippen molar-refractivity contribution in [3.63, 3.8) is 0 Å². The van der Waals surface area contributed by atoms with Gasteiger partial charge in [-0.05, 0) is 31.4 Å². The number of nitrogens with zero attached hydrogens (tertiary/aromatic N) is 3. The van der Waals surface area contributed by atoms with Crippen LogP contribution in [0.25, 0.3) is 0 Å². The average Bonchev–Trinajstić information content (AvgIpc) is 2.98. The van der Waals surface area contributed by atoms with Gasteiger partial charge < -0.3 is 20.2 Å². The molecule has 0 aromatic heterocycles. The van der Waals surface area contributed by atoms with E-state index >= 15 is 0 Å². The van der Waals surface area contributed by atoms with Gasteiger partial charge in [-0.1, -0.05) is 12.1 Å². The molecule has 0 aliphatic carbocycles. The van der Waals surface area contributed by atoms with Crippen molar-refractivity contribution in [3.05, 3.63) is 24.3 Å². The number of hydrogen-bond acceptors (Lipinski definition) is 5. The maximum Gasteiger partial charge on any atom is 0.194 e. The van der Waals surface area contributed by atoms with E-state index in [0.717, 1.165) is 44.4 Å². The van der Waals surface area contributed by atoms with Gasteiger partial charge in [0.15, 0.2) is 15.8 Å². The molecule has 1 unspecified atom stereocenters. The number of aromatic hydroxyl groups is 1. The zero-order valence-electron chi connectivity index (χ0n) is 15.3. The lowest BCUT2D eigenvalue weighted by Crippen LogP contribution is -2.52. The van der Waals surface area contributed by atoms with Crippen molar-refractivity contribution in [2.24, 2.45) is 10.9 Å². The lowest BCUT2D eigenvalue weighted by Gasteiger charge is -2.38. The molecule has 2 heterocycles. The third-order valence-corrected chi connectivity index (χ3v) is 6.80. The Bertz CT molecular complexity index is 743. The van der Waals surface area contributed by atoms with Crippen molar-refractivity contribution in [3.8, 4) is 5.75 Å². The minimum Gasteiger partial charge on any atom is -0.506 e. The van der Waals surface area contributed by atoms with Gasteiger partial charge in [-0.15, -0.1) is 0 Å². The zero-order chi connectivity index (χ0) is 18.6. The first-order valence-electron chi connectivity index (χ1n) is 9.25. The molecular formula is C18H28N4O3S. The van der Waals surface area contributed by atoms with Gasteiger partial charge in [0.25, 0.3) is 0 Å². The molecule has 0 amide bonds. The summed E-state index contributed by atoms with van der Waals surface area (Å²) in [7, 11) is -2.86. The first-order valence-corrected chi connectivity index (χ1v) is 11.1. The van der Waals surface area contributed by atoms with Gasteiger partial charge in [0.1, 0.15) is 5.75 Å². The summed E-state index contributed by atoms with van der Waals surface area (Å²) in [5.41, 5.74) is 0.866. The topological polar surface area (TPSA) is 85.2 Å². The Morgan fingerprint density at radius 3 is 2.62 bits per heavy atom. The maximum atomic E-state index is 11.6. The van der Waals surface area contributed by atoms with Crippen molar-refractivity contribution < 1.29 is 13.5 Å². The van der Waals surface area contributed by atoms with Crippen molar-refractivity contribution >= 4 is 21.5 Å². The van der Waals surface area contributed by atoms with Crippen LogP contribution in [-0.4, -0.2) is 75.2 Å². The highest BCUT2D eigenvalue weighted by Gasteiger charge is 2.28. The predicted octanol–water partition coefficient (Wildman–Crippen LogP) is 0.914. The number of piperazine rings is 1. The van der Waals surface area contributed by atoms with Crippen LogP contribution < -0.4 is 10.2 Å². The Morgan fingerprint density at radius 1 is 1.27 bits per heavy atom. The molecule has 144 valence electrons. The molecule has 2 N–H and O–H groups in total. The van der Waals surface area contributed by atoms with Crippen LogP contribution in [0.2, 0.25) is 0 Å². The number of aliphatic imine (C=N–C) groups is 1. The molecule has 2 saturated heterocycles. The third kappa shape index (κ3) is 4.60. The minimum absolute atomic E-state index is 0.135. The van der Waals surface area contributed by atoms with Gasteiger partial charge in [-0.2, -0.15) is 0 Å². The molecule has 0 spiro atoms. The Hall–Kier alpha value is -1.96. The summed E-state index contributed by atoms with van der Waals surface area (Å²) < 4.78 is 23.2. The van der Waals surface area contributed by atoms with Gasteiger partial charge >= 0.3 is 0 Å². The van der Waals surface area contributed by atoms with Crippen LogP contribution in [0.15, 0.2) is 29.3 Å². The van der Waals surface area contributed by atoms with Crippen molar-refractivity contribution in [2.75, 3.05) is 55.7 Å². The number of anilines is 1. The first-order chi connectivity index (χ1) is 12.5. The molecule has 2 aliphatic rings. The van der Waals surface area contributed by atoms with E-state index < -0.39 is 9.84 Å². The summed E-state index contributed by atoms with van der Waals surface area (Å²) in [5, 5.41) is 13.4. The molecule has 26 heavy (non-hydrogen) atoms. The fourth-order valence-electron chi connectivity index (χ4n) is 3.55. The maximum absolute atomic E-state index is 11.6. The molecule has 1 aromatic rings. The van der Waals surface area contributed by atoms with Gasteiger partial charge in [0.05, 0.1) is 17.2 Å². The van der Waals surface area contributed by atoms with Crippen LogP contribution in [0.5, 0.6) is 5.75 Å². The van der Waals surface area contributed by atoms with E-state index in [1.807, 2.05) is 25.1 Å². The number of phenols is 1. The summed E-state index contributed by atoms with van der Waals surface area (Å²) in [4.78, 5) is 9.09. The Balaban J connectivity index is 1.59. The van der Waals surface area contributed by atoms with Crippen LogP contribution in [-0.2, 0) is 9.84 Å². The molecule has 8 heteroatoms. The predicted molar refractivity (Wildman–Crippen MR) is 105 cm³/mol. The fraction of sp³-hybridized carbons (Fsp3) is 0.611. The lowest BCUT2D eigenvalue weighted by atomic mass is 10.1. The lowest BCUT2D eigenvalue weighted by molar-refractivity contribution is 0.369. The molecule has 1 atom stereocenters. The van der Waals surface area contributed by atoms with E-state index in [4.69, 9.17) is 4.99 Å². The third-order valence-electron chi connectivity index (χ3n) is 4.96. The minimum atomic E-state index is -2.86. The SMILES string of the molecule is CCNC(=NCC1CCS(=O)(=O)C1)N1CCN(c2ccccc2O)CC1. The summed E-state index contributed by atoms with van der Waals surface area (Å²) >= 11 is 0. The Labute approximate surface area is 155 Å². The Kier molecular flexibility index (Phi) is 5.90. The molecule has 0 saturated carbocycles. The van der Waals surface area contributed by atoms with Crippen LogP contribution >= 0.6 is 0 Å². The fourth-order valence-corrected chi connectivity index (χ4v) is 5.40. The molecule has 1 aromatic carbocycles. The van der Waals surface area contributed by atoms with E-state index in [-0.39, 0.29) is 11.7 Å². The molecule has 3 rings (SSSR count). The monoisotopic (exact) mass is 380 g/mol. The molecule has 2 aliphatic heterocycles. The van der Waals surface area contributed by atoms with Gasteiger partial charge in [-0.25, -0.2) is 8.42 Å². The second-order valence-corrected chi connectivity index (χ2v) is 9.16. The summed E-state index contributed by atoms with van der Waals surface area (Å²) in [6, 6.07) is 7.41. The van der Waals surface area contributed by atoms with Crippen molar-refractivity contribution in [1.82, 2.24) is 10.2 Å². The summed E-state index contributed by atoms with van der Waals surface area (Å²) in [6.07, 6.45) is 0.715. The summed E-state index contributed by atoms with van der Waals surface area (Å²) in [6.45, 7) is 6.60. The molecule has 0 radical (unpaired) electrons. The average molecular weight is 381 g/mol. The number of hydrogen-bond donors (Lipinski definition) is 2. The first kappa shape index (κ1) is 18.8. The van der Waals surface area contributed by atoms with Crippen LogP contribution in [0.4, 0.5) is 5.69 Å². The van der Waals surface area contributed by atoms with Gasteiger partial charge in [0, 0.05) is 39.3 Å². The highest BCUT2D eigenvalue weighted by Crippen LogP contribution is 2.27. The molecule has 0 bridgehead atoms. The van der Waals surface area contributed by atoms with E-state index in [1.165, 1.54) is 0 Å². The van der Waals surface area contributed by atoms with Crippen LogP contribution in [0.1, 0.15) is 13.3 Å². The number of nitrogens with one attached hydrogen (secondary N) is 1. The van der Waals surface area contributed by atoms with E-state index in [9.17, 15) is 13.5 Å². The number of phenolic OH excluding ortho intramolecular Hbond substituents is 1. The second kappa shape index (κ2) is 8.16. The second-order valence-electron chi connectivity index (χ2n) is 6.93. The van der Waals surface area contributed by atoms with Crippen molar-refractivity contribution in [2.45, 2.75) is 13.3 Å². The number of para-hydroxylation sites is 2. The number of rotatable bonds is 4. The molecule has 2 fully saturated rings. The van der Waals surface area contributed by atoms with Gasteiger partial charge in [0.2, 0.25) is 0 Å². The normalized spacial score (nSPS) is 23.3. The van der Waals surface area contributed by atoms with E-state index in [2.05, 4.69) is 15.1 Å². The Morgan fingerprint density at radius 2 is 2.00 bits per heavy atom. The van der Waals surface area contributed by atoms with Gasteiger partial charge in [-0.3, -0.25) is 4.99 Å². The summed E-state index contributed by atoms with van der Waals surface area (Å²) in [5.74, 6) is 1.86. The zero-order valence-corrected chi connectivity index (χ0v) is 16.1.